The molecule has 4 N–H and O–H groups in total. The second-order valence-corrected chi connectivity index (χ2v) is 16.8. The topological polar surface area (TPSA) is 183 Å². The lowest BCUT2D eigenvalue weighted by molar-refractivity contribution is -0.134. The third kappa shape index (κ3) is 8.16. The summed E-state index contributed by atoms with van der Waals surface area (Å²) in [6.45, 7) is 3.32. The Balaban J connectivity index is 0.770. The molecule has 3 amide bonds. The van der Waals surface area contributed by atoms with Crippen LogP contribution in [0.3, 0.4) is 0 Å². The number of nitrogens with two attached hydrogens (primary N) is 1. The van der Waals surface area contributed by atoms with E-state index in [1.54, 1.807) is 26.5 Å². The number of carbonyl (C=O) groups excluding carboxylic acids is 3. The molecule has 16 nitrogen and oxygen atoms in total. The lowest BCUT2D eigenvalue weighted by atomic mass is 9.85. The molecule has 4 fully saturated rings. The third-order valence-electron chi connectivity index (χ3n) is 12.5. The number of aromatic nitrogens is 7. The van der Waals surface area contributed by atoms with Gasteiger partial charge in [0.15, 0.2) is 11.3 Å². The van der Waals surface area contributed by atoms with E-state index in [2.05, 4.69) is 35.8 Å². The number of alkyl halides is 3. The molecule has 3 aliphatic heterocycles. The predicted molar refractivity (Wildman–Crippen MR) is 215 cm³/mol. The van der Waals surface area contributed by atoms with Crippen molar-refractivity contribution in [2.75, 3.05) is 42.9 Å². The Bertz CT molecular complexity index is 2390. The van der Waals surface area contributed by atoms with Crippen molar-refractivity contribution >= 4 is 45.8 Å². The molecule has 3 atom stereocenters. The summed E-state index contributed by atoms with van der Waals surface area (Å²) in [7, 11) is 1.85. The molecule has 318 valence electrons. The minimum absolute atomic E-state index is 0.0581. The molecule has 0 radical (unpaired) electrons. The molecule has 7 heterocycles. The van der Waals surface area contributed by atoms with E-state index in [1.807, 2.05) is 25.2 Å². The van der Waals surface area contributed by atoms with Crippen LogP contribution < -0.4 is 26.0 Å². The van der Waals surface area contributed by atoms with Crippen LogP contribution >= 0.6 is 0 Å². The van der Waals surface area contributed by atoms with Crippen LogP contribution in [0.4, 0.5) is 24.7 Å². The van der Waals surface area contributed by atoms with Gasteiger partial charge in [-0.1, -0.05) is 0 Å². The molecule has 5 aromatic rings. The summed E-state index contributed by atoms with van der Waals surface area (Å²) in [6, 6.07) is 7.10. The number of rotatable bonds is 10. The number of benzene rings is 1. The summed E-state index contributed by atoms with van der Waals surface area (Å²) in [5.41, 5.74) is 7.33. The van der Waals surface area contributed by atoms with Crippen molar-refractivity contribution in [3.05, 3.63) is 59.8 Å². The highest BCUT2D eigenvalue weighted by Gasteiger charge is 2.33. The molecule has 1 aliphatic carbocycles. The number of anilines is 2. The Kier molecular flexibility index (Phi) is 11.0. The number of hydrogen-bond acceptors (Lipinski definition) is 11. The van der Waals surface area contributed by atoms with Crippen LogP contribution in [0.25, 0.3) is 16.6 Å². The standard InChI is InChI=1S/C41H49F3N12O4/c1-52-33-17-28(6-7-29(33)36(50-52)30-8-9-35(57)49-40(30)58)60-27-10-13-53(14-11-27)19-23-2-4-26(5-3-23)56-22-32(37(51-56)38(43)44)47-41(59)31-18-46-55-15-12-34(48-39(31)55)54-20-24(42)16-25(45)21-54/h6-7,12,15,17-18,22-27,30,38H,2-5,8-11,13-14,16,19-21,45H2,1H3,(H,47,59)(H,49,57,58)/t23?,24-,25?,26?,30?/m1/s1. The van der Waals surface area contributed by atoms with E-state index in [9.17, 15) is 27.6 Å². The molecular formula is C41H49F3N12O4. The first-order chi connectivity index (χ1) is 28.9. The predicted octanol–water partition coefficient (Wildman–Crippen LogP) is 4.67. The van der Waals surface area contributed by atoms with E-state index in [0.29, 0.717) is 36.8 Å². The Morgan fingerprint density at radius 1 is 1.05 bits per heavy atom. The van der Waals surface area contributed by atoms with Crippen LogP contribution in [-0.2, 0) is 16.6 Å². The summed E-state index contributed by atoms with van der Waals surface area (Å²) < 4.78 is 54.0. The molecule has 3 saturated heterocycles. The maximum absolute atomic E-state index is 14.3. The van der Waals surface area contributed by atoms with Crippen LogP contribution in [-0.4, -0.2) is 108 Å². The first-order valence-electron chi connectivity index (χ1n) is 20.8. The van der Waals surface area contributed by atoms with Gasteiger partial charge in [-0.05, 0) is 75.5 Å². The number of nitrogens with one attached hydrogen (secondary N) is 2. The van der Waals surface area contributed by atoms with Gasteiger partial charge in [0.25, 0.3) is 12.3 Å². The lowest BCUT2D eigenvalue weighted by Gasteiger charge is -2.36. The van der Waals surface area contributed by atoms with Crippen LogP contribution in [0.15, 0.2) is 42.9 Å². The van der Waals surface area contributed by atoms with E-state index in [-0.39, 0.29) is 59.9 Å². The molecule has 2 unspecified atom stereocenters. The quantitative estimate of drug-likeness (QED) is 0.166. The molecule has 1 aromatic carbocycles. The van der Waals surface area contributed by atoms with Gasteiger partial charge < -0.3 is 25.6 Å². The summed E-state index contributed by atoms with van der Waals surface area (Å²) >= 11 is 0. The summed E-state index contributed by atoms with van der Waals surface area (Å²) in [5, 5.41) is 19.0. The van der Waals surface area contributed by atoms with Gasteiger partial charge in [-0.3, -0.25) is 29.1 Å². The molecule has 1 saturated carbocycles. The molecule has 9 rings (SSSR count). The molecule has 4 aliphatic rings. The normalized spacial score (nSPS) is 24.7. The lowest BCUT2D eigenvalue weighted by Crippen LogP contribution is -2.48. The fourth-order valence-corrected chi connectivity index (χ4v) is 9.41. The number of amides is 3. The highest BCUT2D eigenvalue weighted by molar-refractivity contribution is 6.08. The number of hydrogen-bond donors (Lipinski definition) is 3. The largest absolute Gasteiger partial charge is 0.490 e. The van der Waals surface area contributed by atoms with Crippen molar-refractivity contribution < 1.29 is 32.3 Å². The van der Waals surface area contributed by atoms with E-state index in [4.69, 9.17) is 10.5 Å². The number of fused-ring (bicyclic) bond motifs is 2. The molecule has 19 heteroatoms. The monoisotopic (exact) mass is 830 g/mol. The molecule has 4 aromatic heterocycles. The van der Waals surface area contributed by atoms with Gasteiger partial charge in [-0.2, -0.15) is 15.3 Å². The highest BCUT2D eigenvalue weighted by atomic mass is 19.3. The SMILES string of the molecule is Cn1nc(C2CCC(=O)NC2=O)c2ccc(OC3CCN(CC4CCC(n5cc(NC(=O)c6cnn7ccc(N8CC(N)C[C@@H](F)C8)nc67)c(C(F)F)n5)CC4)CC3)cc21. The average Bonchev–Trinajstić information content (AvgIpc) is 3.94. The number of imide groups is 1. The summed E-state index contributed by atoms with van der Waals surface area (Å²) in [6.07, 6.45) is 6.73. The van der Waals surface area contributed by atoms with Gasteiger partial charge in [0.2, 0.25) is 11.8 Å². The number of aryl methyl sites for hydroxylation is 1. The van der Waals surface area contributed by atoms with Crippen molar-refractivity contribution in [3.63, 3.8) is 0 Å². The van der Waals surface area contributed by atoms with Crippen LogP contribution in [0.2, 0.25) is 0 Å². The second-order valence-electron chi connectivity index (χ2n) is 16.8. The van der Waals surface area contributed by atoms with Gasteiger partial charge in [0.1, 0.15) is 29.4 Å². The van der Waals surface area contributed by atoms with Gasteiger partial charge in [-0.15, -0.1) is 0 Å². The number of likely N-dealkylation sites (tertiary alicyclic amines) is 1. The molecule has 60 heavy (non-hydrogen) atoms. The fraction of sp³-hybridized carbons (Fsp3) is 0.537. The van der Waals surface area contributed by atoms with E-state index < -0.39 is 30.1 Å². The number of carbonyl (C=O) groups is 3. The third-order valence-corrected chi connectivity index (χ3v) is 12.5. The maximum Gasteiger partial charge on any atom is 0.284 e. The van der Waals surface area contributed by atoms with Gasteiger partial charge >= 0.3 is 0 Å². The van der Waals surface area contributed by atoms with Crippen molar-refractivity contribution in [2.24, 2.45) is 18.7 Å². The van der Waals surface area contributed by atoms with Crippen LogP contribution in [0.1, 0.15) is 97.9 Å². The van der Waals surface area contributed by atoms with E-state index in [1.165, 1.54) is 16.9 Å². The van der Waals surface area contributed by atoms with Gasteiger partial charge in [-0.25, -0.2) is 22.7 Å². The molecule has 0 spiro atoms. The summed E-state index contributed by atoms with van der Waals surface area (Å²) in [4.78, 5) is 46.5. The van der Waals surface area contributed by atoms with Gasteiger partial charge in [0, 0.05) is 69.5 Å². The van der Waals surface area contributed by atoms with E-state index in [0.717, 1.165) is 74.8 Å². The Morgan fingerprint density at radius 2 is 1.85 bits per heavy atom. The first-order valence-corrected chi connectivity index (χ1v) is 20.8. The molecule has 0 bridgehead atoms. The highest BCUT2D eigenvalue weighted by Crippen LogP contribution is 2.37. The molecular weight excluding hydrogens is 782 g/mol. The van der Waals surface area contributed by atoms with E-state index >= 15 is 0 Å². The zero-order chi connectivity index (χ0) is 41.7. The Labute approximate surface area is 343 Å². The number of piperidine rings is 3. The minimum Gasteiger partial charge on any atom is -0.490 e. The van der Waals surface area contributed by atoms with Crippen LogP contribution in [0, 0.1) is 5.92 Å². The zero-order valence-electron chi connectivity index (χ0n) is 33.4. The Morgan fingerprint density at radius 3 is 2.60 bits per heavy atom. The fourth-order valence-electron chi connectivity index (χ4n) is 9.41. The Hall–Kier alpha value is -5.56. The smallest absolute Gasteiger partial charge is 0.284 e. The second kappa shape index (κ2) is 16.5. The number of ether oxygens (including phenoxy) is 1. The first kappa shape index (κ1) is 39.9. The number of halogens is 3. The van der Waals surface area contributed by atoms with Crippen molar-refractivity contribution in [2.45, 2.75) is 94.5 Å². The van der Waals surface area contributed by atoms with Crippen molar-refractivity contribution in [1.82, 2.24) is 44.4 Å². The maximum atomic E-state index is 14.3. The number of nitrogens with zero attached hydrogens (tertiary/aromatic N) is 9. The van der Waals surface area contributed by atoms with Crippen molar-refractivity contribution in [1.29, 1.82) is 0 Å². The minimum atomic E-state index is -2.90. The summed E-state index contributed by atoms with van der Waals surface area (Å²) in [5.74, 6) is 0.0111. The van der Waals surface area contributed by atoms with Crippen LogP contribution in [0.5, 0.6) is 5.75 Å². The van der Waals surface area contributed by atoms with Crippen molar-refractivity contribution in [3.8, 4) is 5.75 Å². The zero-order valence-corrected chi connectivity index (χ0v) is 33.4. The average molecular weight is 831 g/mol. The van der Waals surface area contributed by atoms with Gasteiger partial charge in [0.05, 0.1) is 41.6 Å².